The average molecular weight is 212 g/mol. The third-order valence-electron chi connectivity index (χ3n) is 2.07. The van der Waals surface area contributed by atoms with E-state index < -0.39 is 11.7 Å². The lowest BCUT2D eigenvalue weighted by Gasteiger charge is -2.07. The van der Waals surface area contributed by atoms with E-state index in [0.717, 1.165) is 12.1 Å². The normalized spacial score (nSPS) is 11.9. The van der Waals surface area contributed by atoms with Gasteiger partial charge in [-0.05, 0) is 23.6 Å². The largest absolute Gasteiger partial charge is 0.416 e. The highest BCUT2D eigenvalue weighted by Gasteiger charge is 2.30. The zero-order valence-corrected chi connectivity index (χ0v) is 7.55. The van der Waals surface area contributed by atoms with Gasteiger partial charge in [0.2, 0.25) is 0 Å². The molecule has 2 aromatic rings. The minimum absolute atomic E-state index is 0.294. The van der Waals surface area contributed by atoms with E-state index in [1.807, 2.05) is 0 Å². The maximum Gasteiger partial charge on any atom is 0.416 e. The number of nitrogens with two attached hydrogens (primary N) is 1. The second-order valence-corrected chi connectivity index (χ2v) is 3.17. The van der Waals surface area contributed by atoms with E-state index >= 15 is 0 Å². The number of aromatic nitrogens is 1. The molecular weight excluding hydrogens is 205 g/mol. The highest BCUT2D eigenvalue weighted by molar-refractivity contribution is 5.84. The third kappa shape index (κ3) is 1.86. The summed E-state index contributed by atoms with van der Waals surface area (Å²) in [6.07, 6.45) is -2.99. The van der Waals surface area contributed by atoms with Crippen LogP contribution >= 0.6 is 0 Å². The molecule has 78 valence electrons. The van der Waals surface area contributed by atoms with Gasteiger partial charge in [0.25, 0.3) is 0 Å². The number of nitrogens with zero attached hydrogens (tertiary/aromatic N) is 1. The zero-order chi connectivity index (χ0) is 11.1. The van der Waals surface area contributed by atoms with Gasteiger partial charge in [0, 0.05) is 11.6 Å². The summed E-state index contributed by atoms with van der Waals surface area (Å²) in [5.74, 6) is 0.294. The molecule has 2 rings (SSSR count). The van der Waals surface area contributed by atoms with Crippen LogP contribution in [0.3, 0.4) is 0 Å². The first-order chi connectivity index (χ1) is 6.97. The number of nitrogen functional groups attached to an aromatic ring is 1. The lowest BCUT2D eigenvalue weighted by molar-refractivity contribution is -0.137. The van der Waals surface area contributed by atoms with E-state index in [2.05, 4.69) is 4.98 Å². The Labute approximate surface area is 83.5 Å². The molecule has 0 saturated heterocycles. The van der Waals surface area contributed by atoms with Crippen LogP contribution in [-0.2, 0) is 6.18 Å². The third-order valence-corrected chi connectivity index (χ3v) is 2.07. The van der Waals surface area contributed by atoms with Gasteiger partial charge in [-0.3, -0.25) is 0 Å². The van der Waals surface area contributed by atoms with E-state index in [4.69, 9.17) is 5.73 Å². The van der Waals surface area contributed by atoms with Gasteiger partial charge >= 0.3 is 6.18 Å². The number of rotatable bonds is 0. The van der Waals surface area contributed by atoms with E-state index in [1.165, 1.54) is 18.3 Å². The first kappa shape index (κ1) is 9.76. The molecule has 0 saturated carbocycles. The molecule has 0 radical (unpaired) electrons. The van der Waals surface area contributed by atoms with Crippen molar-refractivity contribution in [2.45, 2.75) is 6.18 Å². The van der Waals surface area contributed by atoms with E-state index in [-0.39, 0.29) is 0 Å². The van der Waals surface area contributed by atoms with E-state index in [9.17, 15) is 13.2 Å². The molecule has 0 atom stereocenters. The van der Waals surface area contributed by atoms with Crippen molar-refractivity contribution in [1.29, 1.82) is 0 Å². The molecule has 5 heteroatoms. The van der Waals surface area contributed by atoms with Crippen molar-refractivity contribution in [3.05, 3.63) is 36.0 Å². The quantitative estimate of drug-likeness (QED) is 0.729. The number of halogens is 3. The summed E-state index contributed by atoms with van der Waals surface area (Å²) in [6.45, 7) is 0. The fraction of sp³-hybridized carbons (Fsp3) is 0.100. The maximum absolute atomic E-state index is 12.3. The van der Waals surface area contributed by atoms with Crippen molar-refractivity contribution in [2.24, 2.45) is 0 Å². The van der Waals surface area contributed by atoms with Gasteiger partial charge in [0.05, 0.1) is 5.56 Å². The molecule has 0 unspecified atom stereocenters. The standard InChI is InChI=1S/C10H7F3N2/c11-10(12,13)8-2-1-6-4-9(14)15-5-7(6)3-8/h1-5H,(H2,14,15). The summed E-state index contributed by atoms with van der Waals surface area (Å²) in [5.41, 5.74) is 4.74. The molecule has 15 heavy (non-hydrogen) atoms. The molecule has 0 bridgehead atoms. The van der Waals surface area contributed by atoms with Crippen molar-refractivity contribution < 1.29 is 13.2 Å². The lowest BCUT2D eigenvalue weighted by Crippen LogP contribution is -2.04. The van der Waals surface area contributed by atoms with Crippen LogP contribution in [0.5, 0.6) is 0 Å². The van der Waals surface area contributed by atoms with Gasteiger partial charge in [-0.25, -0.2) is 4.98 Å². The van der Waals surface area contributed by atoms with E-state index in [0.29, 0.717) is 16.6 Å². The van der Waals surface area contributed by atoms with Gasteiger partial charge in [-0.15, -0.1) is 0 Å². The predicted molar refractivity (Wildman–Crippen MR) is 51.2 cm³/mol. The highest BCUT2D eigenvalue weighted by Crippen LogP contribution is 2.31. The number of hydrogen-bond acceptors (Lipinski definition) is 2. The highest BCUT2D eigenvalue weighted by atomic mass is 19.4. The van der Waals surface area contributed by atoms with Crippen LogP contribution < -0.4 is 5.73 Å². The Hall–Kier alpha value is -1.78. The van der Waals surface area contributed by atoms with Crippen LogP contribution in [0.4, 0.5) is 19.0 Å². The van der Waals surface area contributed by atoms with Crippen LogP contribution in [0, 0.1) is 0 Å². The molecule has 0 aliphatic carbocycles. The fourth-order valence-corrected chi connectivity index (χ4v) is 1.33. The number of pyridine rings is 1. The van der Waals surface area contributed by atoms with E-state index in [1.54, 1.807) is 0 Å². The van der Waals surface area contributed by atoms with Crippen LogP contribution in [0.15, 0.2) is 30.5 Å². The van der Waals surface area contributed by atoms with Crippen LogP contribution in [0.1, 0.15) is 5.56 Å². The molecule has 0 spiro atoms. The Morgan fingerprint density at radius 1 is 1.07 bits per heavy atom. The number of alkyl halides is 3. The molecule has 2 N–H and O–H groups in total. The smallest absolute Gasteiger partial charge is 0.384 e. The average Bonchev–Trinajstić information content (AvgIpc) is 2.15. The molecule has 2 nitrogen and oxygen atoms in total. The molecule has 0 amide bonds. The maximum atomic E-state index is 12.3. The summed E-state index contributed by atoms with van der Waals surface area (Å²) >= 11 is 0. The number of hydrogen-bond donors (Lipinski definition) is 1. The van der Waals surface area contributed by atoms with Gasteiger partial charge in [-0.2, -0.15) is 13.2 Å². The summed E-state index contributed by atoms with van der Waals surface area (Å²) in [7, 11) is 0. The van der Waals surface area contributed by atoms with Gasteiger partial charge in [0.1, 0.15) is 5.82 Å². The summed E-state index contributed by atoms with van der Waals surface area (Å²) in [4.78, 5) is 3.74. The topological polar surface area (TPSA) is 38.9 Å². The van der Waals surface area contributed by atoms with Gasteiger partial charge in [-0.1, -0.05) is 6.07 Å². The Kier molecular flexibility index (Phi) is 2.03. The molecule has 0 aliphatic heterocycles. The molecule has 1 aromatic carbocycles. The Bertz CT molecular complexity index is 505. The zero-order valence-electron chi connectivity index (χ0n) is 7.55. The molecular formula is C10H7F3N2. The number of benzene rings is 1. The van der Waals surface area contributed by atoms with Crippen LogP contribution in [0.25, 0.3) is 10.8 Å². The van der Waals surface area contributed by atoms with Crippen molar-refractivity contribution in [3.63, 3.8) is 0 Å². The van der Waals surface area contributed by atoms with Crippen molar-refractivity contribution >= 4 is 16.6 Å². The summed E-state index contributed by atoms with van der Waals surface area (Å²) in [6, 6.07) is 5.01. The SMILES string of the molecule is Nc1cc2ccc(C(F)(F)F)cc2cn1. The monoisotopic (exact) mass is 212 g/mol. The molecule has 0 fully saturated rings. The predicted octanol–water partition coefficient (Wildman–Crippen LogP) is 2.84. The molecule has 0 aliphatic rings. The minimum atomic E-state index is -4.32. The van der Waals surface area contributed by atoms with Crippen LogP contribution in [0.2, 0.25) is 0 Å². The Morgan fingerprint density at radius 3 is 2.47 bits per heavy atom. The summed E-state index contributed by atoms with van der Waals surface area (Å²) < 4.78 is 37.0. The Balaban J connectivity index is 2.62. The molecule has 1 aromatic heterocycles. The number of anilines is 1. The first-order valence-corrected chi connectivity index (χ1v) is 4.19. The number of fused-ring (bicyclic) bond motifs is 1. The molecule has 1 heterocycles. The lowest BCUT2D eigenvalue weighted by atomic mass is 10.1. The van der Waals surface area contributed by atoms with Crippen molar-refractivity contribution in [3.8, 4) is 0 Å². The Morgan fingerprint density at radius 2 is 1.80 bits per heavy atom. The van der Waals surface area contributed by atoms with Gasteiger partial charge in [0.15, 0.2) is 0 Å². The van der Waals surface area contributed by atoms with Gasteiger partial charge < -0.3 is 5.73 Å². The summed E-state index contributed by atoms with van der Waals surface area (Å²) in [5, 5.41) is 1.08. The van der Waals surface area contributed by atoms with Crippen molar-refractivity contribution in [2.75, 3.05) is 5.73 Å². The fourth-order valence-electron chi connectivity index (χ4n) is 1.33. The second-order valence-electron chi connectivity index (χ2n) is 3.17. The van der Waals surface area contributed by atoms with Crippen molar-refractivity contribution in [1.82, 2.24) is 4.98 Å². The van der Waals surface area contributed by atoms with Crippen LogP contribution in [-0.4, -0.2) is 4.98 Å². The second kappa shape index (κ2) is 3.12. The first-order valence-electron chi connectivity index (χ1n) is 4.19. The minimum Gasteiger partial charge on any atom is -0.384 e.